The molecule has 0 aliphatic carbocycles. The molecule has 0 radical (unpaired) electrons. The molecule has 5 nitrogen and oxygen atoms in total. The van der Waals surface area contributed by atoms with Crippen molar-refractivity contribution >= 4 is 11.9 Å². The van der Waals surface area contributed by atoms with Crippen LogP contribution in [0.15, 0.2) is 60.8 Å². The molecule has 0 amide bonds. The summed E-state index contributed by atoms with van der Waals surface area (Å²) in [5, 5.41) is 0. The van der Waals surface area contributed by atoms with Crippen molar-refractivity contribution in [3.05, 3.63) is 60.8 Å². The van der Waals surface area contributed by atoms with Gasteiger partial charge in [0.05, 0.1) is 6.61 Å². The van der Waals surface area contributed by atoms with Gasteiger partial charge < -0.3 is 14.2 Å². The largest absolute Gasteiger partial charge is 0.462 e. The first kappa shape index (κ1) is 49.6. The Hall–Kier alpha value is -2.40. The molecular weight excluding hydrogens is 645 g/mol. The standard InChI is InChI=1S/C47H82O5/c1-4-7-10-13-16-19-21-22-23-24-25-26-28-29-31-34-37-40-46(48)51-44-45(43-50-42-39-36-33-18-15-12-9-6-3)52-47(49)41-38-35-32-30-27-20-17-14-11-8-5-2/h7,10,14,16-17,19,22-23,25-26,45H,4-6,8-9,11-13,15,18,20-21,24,27-44H2,1-3H3/b10-7-,17-14-,19-16-,23-22-,26-25-. The monoisotopic (exact) mass is 727 g/mol. The van der Waals surface area contributed by atoms with E-state index in [1.165, 1.54) is 70.6 Å². The van der Waals surface area contributed by atoms with Crippen molar-refractivity contribution in [3.8, 4) is 0 Å². The maximum atomic E-state index is 12.6. The van der Waals surface area contributed by atoms with Crippen molar-refractivity contribution in [1.29, 1.82) is 0 Å². The van der Waals surface area contributed by atoms with E-state index in [-0.39, 0.29) is 25.2 Å². The highest BCUT2D eigenvalue weighted by atomic mass is 16.6. The minimum absolute atomic E-state index is 0.0691. The molecule has 1 atom stereocenters. The maximum Gasteiger partial charge on any atom is 0.306 e. The van der Waals surface area contributed by atoms with E-state index in [1.807, 2.05) is 0 Å². The van der Waals surface area contributed by atoms with Crippen LogP contribution in [0, 0.1) is 0 Å². The summed E-state index contributed by atoms with van der Waals surface area (Å²) in [6, 6.07) is 0. The number of allylic oxidation sites excluding steroid dienone is 10. The topological polar surface area (TPSA) is 61.8 Å². The molecule has 0 aromatic heterocycles. The summed E-state index contributed by atoms with van der Waals surface area (Å²) in [4.78, 5) is 25.1. The molecule has 0 bridgehead atoms. The smallest absolute Gasteiger partial charge is 0.306 e. The van der Waals surface area contributed by atoms with E-state index in [1.54, 1.807) is 0 Å². The van der Waals surface area contributed by atoms with Crippen LogP contribution in [0.4, 0.5) is 0 Å². The van der Waals surface area contributed by atoms with Crippen molar-refractivity contribution in [2.75, 3.05) is 19.8 Å². The molecule has 0 saturated carbocycles. The fraction of sp³-hybridized carbons (Fsp3) is 0.745. The Labute approximate surface area is 322 Å². The summed E-state index contributed by atoms with van der Waals surface area (Å²) < 4.78 is 17.2. The first-order chi connectivity index (χ1) is 25.6. The van der Waals surface area contributed by atoms with Gasteiger partial charge in [0.1, 0.15) is 6.61 Å². The zero-order valence-corrected chi connectivity index (χ0v) is 34.3. The van der Waals surface area contributed by atoms with Gasteiger partial charge in [-0.05, 0) is 77.0 Å². The van der Waals surface area contributed by atoms with Crippen molar-refractivity contribution in [2.24, 2.45) is 0 Å². The Morgan fingerprint density at radius 1 is 0.442 bits per heavy atom. The molecule has 0 spiro atoms. The van der Waals surface area contributed by atoms with Crippen molar-refractivity contribution < 1.29 is 23.8 Å². The van der Waals surface area contributed by atoms with Crippen LogP contribution in [0.25, 0.3) is 0 Å². The molecule has 52 heavy (non-hydrogen) atoms. The predicted molar refractivity (Wildman–Crippen MR) is 224 cm³/mol. The summed E-state index contributed by atoms with van der Waals surface area (Å²) >= 11 is 0. The average molecular weight is 727 g/mol. The van der Waals surface area contributed by atoms with E-state index < -0.39 is 6.10 Å². The van der Waals surface area contributed by atoms with E-state index in [0.29, 0.717) is 19.4 Å². The van der Waals surface area contributed by atoms with Gasteiger partial charge in [-0.1, -0.05) is 171 Å². The van der Waals surface area contributed by atoms with Crippen LogP contribution in [0.1, 0.15) is 201 Å². The molecular formula is C47H82O5. The summed E-state index contributed by atoms with van der Waals surface area (Å²) in [5.41, 5.74) is 0. The molecule has 5 heteroatoms. The molecule has 0 saturated heterocycles. The molecule has 0 aromatic rings. The van der Waals surface area contributed by atoms with Crippen LogP contribution in [-0.2, 0) is 23.8 Å². The SMILES string of the molecule is CC/C=C\C/C=C\C/C=C\C/C=C\CCCCCCC(=O)OCC(COCCCCCCCCCC)OC(=O)CCCCCCC/C=C\CCCC. The number of esters is 2. The van der Waals surface area contributed by atoms with Crippen LogP contribution >= 0.6 is 0 Å². The fourth-order valence-electron chi connectivity index (χ4n) is 5.77. The third-order valence-electron chi connectivity index (χ3n) is 9.04. The summed E-state index contributed by atoms with van der Waals surface area (Å²) in [6.45, 7) is 7.62. The van der Waals surface area contributed by atoms with E-state index >= 15 is 0 Å². The van der Waals surface area contributed by atoms with Crippen LogP contribution in [0.3, 0.4) is 0 Å². The van der Waals surface area contributed by atoms with Gasteiger partial charge in [-0.2, -0.15) is 0 Å². The number of carbonyl (C=O) groups is 2. The Morgan fingerprint density at radius 2 is 0.885 bits per heavy atom. The normalized spacial score (nSPS) is 12.8. The van der Waals surface area contributed by atoms with Gasteiger partial charge in [-0.15, -0.1) is 0 Å². The number of rotatable bonds is 39. The number of hydrogen-bond acceptors (Lipinski definition) is 5. The van der Waals surface area contributed by atoms with Crippen molar-refractivity contribution in [2.45, 2.75) is 207 Å². The Morgan fingerprint density at radius 3 is 1.46 bits per heavy atom. The summed E-state index contributed by atoms with van der Waals surface area (Å²) in [7, 11) is 0. The zero-order chi connectivity index (χ0) is 37.8. The van der Waals surface area contributed by atoms with E-state index in [4.69, 9.17) is 14.2 Å². The molecule has 0 aromatic carbocycles. The Bertz CT molecular complexity index is 915. The highest BCUT2D eigenvalue weighted by Gasteiger charge is 2.17. The molecule has 1 unspecified atom stereocenters. The van der Waals surface area contributed by atoms with Crippen LogP contribution < -0.4 is 0 Å². The van der Waals surface area contributed by atoms with Crippen molar-refractivity contribution in [3.63, 3.8) is 0 Å². The third kappa shape index (κ3) is 40.4. The zero-order valence-electron chi connectivity index (χ0n) is 34.3. The second-order valence-electron chi connectivity index (χ2n) is 14.2. The lowest BCUT2D eigenvalue weighted by Gasteiger charge is -2.18. The number of hydrogen-bond donors (Lipinski definition) is 0. The first-order valence-electron chi connectivity index (χ1n) is 21.8. The summed E-state index contributed by atoms with van der Waals surface area (Å²) in [6.07, 6.45) is 52.1. The third-order valence-corrected chi connectivity index (χ3v) is 9.04. The Balaban J connectivity index is 4.24. The highest BCUT2D eigenvalue weighted by Crippen LogP contribution is 2.12. The van der Waals surface area contributed by atoms with Gasteiger partial charge in [0, 0.05) is 19.4 Å². The van der Waals surface area contributed by atoms with Crippen LogP contribution in [0.2, 0.25) is 0 Å². The number of unbranched alkanes of at least 4 members (excludes halogenated alkanes) is 18. The van der Waals surface area contributed by atoms with Gasteiger partial charge in [0.25, 0.3) is 0 Å². The van der Waals surface area contributed by atoms with Gasteiger partial charge in [-0.3, -0.25) is 9.59 Å². The maximum absolute atomic E-state index is 12.6. The highest BCUT2D eigenvalue weighted by molar-refractivity contribution is 5.70. The molecule has 0 aliphatic rings. The fourth-order valence-corrected chi connectivity index (χ4v) is 5.77. The average Bonchev–Trinajstić information content (AvgIpc) is 3.14. The lowest BCUT2D eigenvalue weighted by atomic mass is 10.1. The minimum atomic E-state index is -0.545. The van der Waals surface area contributed by atoms with E-state index in [0.717, 1.165) is 96.3 Å². The number of ether oxygens (including phenoxy) is 3. The van der Waals surface area contributed by atoms with Gasteiger partial charge in [0.2, 0.25) is 0 Å². The van der Waals surface area contributed by atoms with Crippen LogP contribution in [0.5, 0.6) is 0 Å². The predicted octanol–water partition coefficient (Wildman–Crippen LogP) is 14.2. The Kier molecular flexibility index (Phi) is 41.0. The molecule has 0 aliphatic heterocycles. The molecule has 300 valence electrons. The lowest BCUT2D eigenvalue weighted by molar-refractivity contribution is -0.163. The van der Waals surface area contributed by atoms with E-state index in [9.17, 15) is 9.59 Å². The minimum Gasteiger partial charge on any atom is -0.462 e. The van der Waals surface area contributed by atoms with Gasteiger partial charge in [0.15, 0.2) is 6.10 Å². The molecule has 0 rings (SSSR count). The van der Waals surface area contributed by atoms with Gasteiger partial charge in [-0.25, -0.2) is 0 Å². The van der Waals surface area contributed by atoms with Crippen LogP contribution in [-0.4, -0.2) is 37.9 Å². The van der Waals surface area contributed by atoms with E-state index in [2.05, 4.69) is 81.5 Å². The molecule has 0 N–H and O–H groups in total. The second-order valence-corrected chi connectivity index (χ2v) is 14.2. The molecule has 0 fully saturated rings. The molecule has 0 heterocycles. The lowest BCUT2D eigenvalue weighted by Crippen LogP contribution is -2.30. The first-order valence-corrected chi connectivity index (χ1v) is 21.8. The summed E-state index contributed by atoms with van der Waals surface area (Å²) in [5.74, 6) is -0.438. The van der Waals surface area contributed by atoms with Crippen molar-refractivity contribution in [1.82, 2.24) is 0 Å². The quantitative estimate of drug-likeness (QED) is 0.0358. The second kappa shape index (κ2) is 43.0. The van der Waals surface area contributed by atoms with Gasteiger partial charge >= 0.3 is 11.9 Å². The number of carbonyl (C=O) groups excluding carboxylic acids is 2.